The van der Waals surface area contributed by atoms with Gasteiger partial charge >= 0.3 is 6.36 Å². The molecule has 0 aromatic carbocycles. The average molecular weight is 360 g/mol. The van der Waals surface area contributed by atoms with Gasteiger partial charge in [-0.05, 0) is 6.07 Å². The van der Waals surface area contributed by atoms with Crippen LogP contribution in [0.1, 0.15) is 17.7 Å². The van der Waals surface area contributed by atoms with Crippen LogP contribution in [0.5, 0.6) is 5.75 Å². The Kier molecular flexibility index (Phi) is 5.03. The Labute approximate surface area is 118 Å². The summed E-state index contributed by atoms with van der Waals surface area (Å²) in [5, 5.41) is -1.47. The molecule has 0 radical (unpaired) electrons. The van der Waals surface area contributed by atoms with Crippen LogP contribution in [0.4, 0.5) is 22.0 Å². The largest absolute Gasteiger partial charge is 0.573 e. The van der Waals surface area contributed by atoms with Crippen molar-refractivity contribution < 1.29 is 35.1 Å². The summed E-state index contributed by atoms with van der Waals surface area (Å²) in [6.07, 6.45) is -8.50. The van der Waals surface area contributed by atoms with E-state index in [4.69, 9.17) is 22.3 Å². The van der Waals surface area contributed by atoms with E-state index in [2.05, 4.69) is 9.72 Å². The molecule has 0 bridgehead atoms. The SMILES string of the molecule is O=S(=O)(Cl)c1nc(C(F)F)cc(CCl)c1OC(F)(F)F. The zero-order chi connectivity index (χ0) is 15.7. The van der Waals surface area contributed by atoms with E-state index in [9.17, 15) is 30.4 Å². The van der Waals surface area contributed by atoms with Crippen LogP contribution in [-0.4, -0.2) is 19.8 Å². The molecule has 20 heavy (non-hydrogen) atoms. The number of halogens is 7. The molecule has 0 amide bonds. The van der Waals surface area contributed by atoms with Gasteiger partial charge in [0.25, 0.3) is 15.5 Å². The first kappa shape index (κ1) is 17.2. The highest BCUT2D eigenvalue weighted by Gasteiger charge is 2.36. The van der Waals surface area contributed by atoms with Crippen LogP contribution in [0, 0.1) is 0 Å². The van der Waals surface area contributed by atoms with Gasteiger partial charge in [-0.2, -0.15) is 0 Å². The summed E-state index contributed by atoms with van der Waals surface area (Å²) in [5.41, 5.74) is -1.72. The second-order valence-corrected chi connectivity index (χ2v) is 6.01. The zero-order valence-electron chi connectivity index (χ0n) is 9.09. The normalized spacial score (nSPS) is 12.8. The van der Waals surface area contributed by atoms with Crippen LogP contribution in [0.3, 0.4) is 0 Å². The van der Waals surface area contributed by atoms with E-state index in [0.29, 0.717) is 6.07 Å². The molecular formula is C8H4Cl2F5NO3S. The van der Waals surface area contributed by atoms with Crippen molar-refractivity contribution >= 4 is 31.3 Å². The second-order valence-electron chi connectivity index (χ2n) is 3.26. The van der Waals surface area contributed by atoms with Crippen molar-refractivity contribution in [3.05, 3.63) is 17.3 Å². The minimum Gasteiger partial charge on any atom is -0.402 e. The van der Waals surface area contributed by atoms with Crippen LogP contribution in [0.25, 0.3) is 0 Å². The summed E-state index contributed by atoms with van der Waals surface area (Å²) in [5.74, 6) is -2.04. The number of pyridine rings is 1. The van der Waals surface area contributed by atoms with Crippen molar-refractivity contribution in [2.45, 2.75) is 23.7 Å². The van der Waals surface area contributed by atoms with Gasteiger partial charge in [0, 0.05) is 16.2 Å². The smallest absolute Gasteiger partial charge is 0.402 e. The predicted molar refractivity (Wildman–Crippen MR) is 58.5 cm³/mol. The van der Waals surface area contributed by atoms with E-state index in [-0.39, 0.29) is 0 Å². The van der Waals surface area contributed by atoms with Crippen LogP contribution in [-0.2, 0) is 14.9 Å². The minimum atomic E-state index is -5.27. The van der Waals surface area contributed by atoms with Crippen LogP contribution in [0.15, 0.2) is 11.1 Å². The Bertz CT molecular complexity index is 605. The summed E-state index contributed by atoms with van der Waals surface area (Å²) in [4.78, 5) is 2.88. The van der Waals surface area contributed by atoms with Gasteiger partial charge in [-0.1, -0.05) is 0 Å². The minimum absolute atomic E-state index is 0.504. The highest BCUT2D eigenvalue weighted by molar-refractivity contribution is 8.13. The van der Waals surface area contributed by atoms with Crippen LogP contribution in [0.2, 0.25) is 0 Å². The fraction of sp³-hybridized carbons (Fsp3) is 0.375. The van der Waals surface area contributed by atoms with Crippen molar-refractivity contribution in [2.75, 3.05) is 0 Å². The Hall–Kier alpha value is -0.870. The summed E-state index contributed by atoms with van der Waals surface area (Å²) in [7, 11) is 0.0222. The Morgan fingerprint density at radius 3 is 2.25 bits per heavy atom. The first-order valence-electron chi connectivity index (χ1n) is 4.54. The molecule has 0 aliphatic rings. The lowest BCUT2D eigenvalue weighted by molar-refractivity contribution is -0.276. The van der Waals surface area contributed by atoms with E-state index in [1.54, 1.807) is 0 Å². The number of ether oxygens (including phenoxy) is 1. The number of alkyl halides is 6. The van der Waals surface area contributed by atoms with E-state index in [0.717, 1.165) is 0 Å². The third-order valence-corrected chi connectivity index (χ3v) is 3.32. The summed E-state index contributed by atoms with van der Waals surface area (Å²) in [6.45, 7) is 0. The zero-order valence-corrected chi connectivity index (χ0v) is 11.4. The molecule has 0 N–H and O–H groups in total. The number of rotatable bonds is 4. The molecule has 0 saturated heterocycles. The maximum Gasteiger partial charge on any atom is 0.573 e. The van der Waals surface area contributed by atoms with Crippen LogP contribution < -0.4 is 4.74 Å². The molecule has 1 aromatic heterocycles. The standard InChI is InChI=1S/C8H4Cl2F5NO3S/c9-2-3-1-4(6(11)12)16-7(20(10,17)18)5(3)19-8(13,14)15/h1,6H,2H2. The van der Waals surface area contributed by atoms with Gasteiger partial charge in [-0.25, -0.2) is 22.2 Å². The molecule has 0 atom stereocenters. The van der Waals surface area contributed by atoms with E-state index < -0.39 is 49.8 Å². The van der Waals surface area contributed by atoms with Gasteiger partial charge in [0.05, 0.1) is 5.88 Å². The van der Waals surface area contributed by atoms with Gasteiger partial charge in [0.1, 0.15) is 5.69 Å². The molecule has 1 rings (SSSR count). The maximum atomic E-state index is 12.5. The monoisotopic (exact) mass is 359 g/mol. The van der Waals surface area contributed by atoms with E-state index in [1.165, 1.54) is 0 Å². The quantitative estimate of drug-likeness (QED) is 0.468. The first-order chi connectivity index (χ1) is 8.95. The second kappa shape index (κ2) is 5.86. The molecule has 0 unspecified atom stereocenters. The van der Waals surface area contributed by atoms with E-state index in [1.807, 2.05) is 0 Å². The van der Waals surface area contributed by atoms with Crippen molar-refractivity contribution in [1.29, 1.82) is 0 Å². The first-order valence-corrected chi connectivity index (χ1v) is 7.38. The number of hydrogen-bond acceptors (Lipinski definition) is 4. The molecular weight excluding hydrogens is 356 g/mol. The molecule has 1 heterocycles. The molecule has 0 spiro atoms. The molecule has 0 fully saturated rings. The van der Waals surface area contributed by atoms with Gasteiger partial charge in [-0.3, -0.25) is 0 Å². The molecule has 1 aromatic rings. The molecule has 114 valence electrons. The molecule has 0 aliphatic heterocycles. The Morgan fingerprint density at radius 1 is 1.35 bits per heavy atom. The van der Waals surface area contributed by atoms with Crippen molar-refractivity contribution in [3.8, 4) is 5.75 Å². The molecule has 4 nitrogen and oxygen atoms in total. The van der Waals surface area contributed by atoms with Gasteiger partial charge in [0.2, 0.25) is 5.03 Å². The predicted octanol–water partition coefficient (Wildman–Crippen LogP) is 3.58. The van der Waals surface area contributed by atoms with Crippen molar-refractivity contribution in [1.82, 2.24) is 4.98 Å². The lowest BCUT2D eigenvalue weighted by atomic mass is 10.2. The van der Waals surface area contributed by atoms with Gasteiger partial charge < -0.3 is 4.74 Å². The molecule has 0 saturated carbocycles. The topological polar surface area (TPSA) is 56.3 Å². The Morgan fingerprint density at radius 2 is 1.90 bits per heavy atom. The highest BCUT2D eigenvalue weighted by Crippen LogP contribution is 2.36. The number of hydrogen-bond donors (Lipinski definition) is 0. The Balaban J connectivity index is 3.61. The molecule has 12 heteroatoms. The summed E-state index contributed by atoms with van der Waals surface area (Å²) >= 11 is 5.30. The fourth-order valence-electron chi connectivity index (χ4n) is 1.18. The van der Waals surface area contributed by atoms with Crippen LogP contribution >= 0.6 is 22.3 Å². The maximum absolute atomic E-state index is 12.5. The third kappa shape index (κ3) is 4.32. The van der Waals surface area contributed by atoms with E-state index >= 15 is 0 Å². The molecule has 0 aliphatic carbocycles. The number of nitrogens with zero attached hydrogens (tertiary/aromatic N) is 1. The van der Waals surface area contributed by atoms with Crippen molar-refractivity contribution in [3.63, 3.8) is 0 Å². The lowest BCUT2D eigenvalue weighted by Gasteiger charge is -2.15. The van der Waals surface area contributed by atoms with Gasteiger partial charge in [0.15, 0.2) is 5.75 Å². The summed E-state index contributed by atoms with van der Waals surface area (Å²) < 4.78 is 87.4. The number of aromatic nitrogens is 1. The third-order valence-electron chi connectivity index (χ3n) is 1.85. The highest BCUT2D eigenvalue weighted by atomic mass is 35.7. The fourth-order valence-corrected chi connectivity index (χ4v) is 2.30. The van der Waals surface area contributed by atoms with Crippen molar-refractivity contribution in [2.24, 2.45) is 0 Å². The van der Waals surface area contributed by atoms with Gasteiger partial charge in [-0.15, -0.1) is 24.8 Å². The lowest BCUT2D eigenvalue weighted by Crippen LogP contribution is -2.20. The average Bonchev–Trinajstić information content (AvgIpc) is 2.25. The summed E-state index contributed by atoms with van der Waals surface area (Å²) in [6, 6.07) is 0.504.